The van der Waals surface area contributed by atoms with Crippen molar-refractivity contribution in [3.8, 4) is 17.0 Å². The smallest absolute Gasteiger partial charge is 0.255 e. The molecule has 11 heteroatoms. The summed E-state index contributed by atoms with van der Waals surface area (Å²) in [6.45, 7) is 1.25. The van der Waals surface area contributed by atoms with Crippen molar-refractivity contribution in [2.75, 3.05) is 26.3 Å². The van der Waals surface area contributed by atoms with Gasteiger partial charge in [0.1, 0.15) is 22.8 Å². The standard InChI is InChI=1S/C27H27N3O8/c28-26(36)20-23(33)21(30-6-8-38-9-7-30)15-11-12-10-14-13(16-2-1-5-29-16)3-4-17(31)19(14)22(32)18(12)24(34)27(15,37)25(20)35/h1-5,12,15,21,29,31-32,35,37H,6-11H2,(H2,28,36). The number of hydrogen-bond donors (Lipinski definition) is 6. The second kappa shape index (κ2) is 8.55. The molecule has 3 aliphatic carbocycles. The number of nitrogens with two attached hydrogens (primary N) is 1. The number of morpholine rings is 1. The van der Waals surface area contributed by atoms with Crippen molar-refractivity contribution in [3.63, 3.8) is 0 Å². The number of rotatable bonds is 3. The molecule has 1 amide bonds. The van der Waals surface area contributed by atoms with Crippen molar-refractivity contribution < 1.29 is 39.5 Å². The molecule has 4 aliphatic rings. The lowest BCUT2D eigenvalue weighted by Gasteiger charge is -2.51. The number of aromatic nitrogens is 1. The maximum Gasteiger partial charge on any atom is 0.255 e. The van der Waals surface area contributed by atoms with Crippen LogP contribution in [0, 0.1) is 11.8 Å². The Morgan fingerprint density at radius 2 is 1.87 bits per heavy atom. The number of carbonyl (C=O) groups is 3. The van der Waals surface area contributed by atoms with Gasteiger partial charge in [-0.3, -0.25) is 19.3 Å². The molecule has 38 heavy (non-hydrogen) atoms. The van der Waals surface area contributed by atoms with Crippen LogP contribution in [0.25, 0.3) is 17.0 Å². The number of aliphatic hydroxyl groups is 3. The van der Waals surface area contributed by atoms with Crippen LogP contribution in [0.4, 0.5) is 0 Å². The number of carbonyl (C=O) groups excluding carboxylic acids is 3. The number of H-pyrrole nitrogens is 1. The lowest BCUT2D eigenvalue weighted by atomic mass is 9.57. The van der Waals surface area contributed by atoms with E-state index in [2.05, 4.69) is 4.98 Å². The van der Waals surface area contributed by atoms with Gasteiger partial charge in [0.05, 0.1) is 24.8 Å². The molecule has 198 valence electrons. The minimum atomic E-state index is -2.66. The van der Waals surface area contributed by atoms with E-state index in [1.54, 1.807) is 17.2 Å². The number of ketones is 2. The molecule has 4 unspecified atom stereocenters. The highest BCUT2D eigenvalue weighted by molar-refractivity contribution is 6.24. The number of phenolic OH excluding ortho intramolecular Hbond substituents is 1. The van der Waals surface area contributed by atoms with E-state index in [0.717, 1.165) is 11.3 Å². The summed E-state index contributed by atoms with van der Waals surface area (Å²) >= 11 is 0. The molecule has 1 saturated heterocycles. The van der Waals surface area contributed by atoms with Crippen molar-refractivity contribution in [2.45, 2.75) is 24.5 Å². The van der Waals surface area contributed by atoms with Gasteiger partial charge in [0.2, 0.25) is 5.78 Å². The van der Waals surface area contributed by atoms with Crippen LogP contribution in [0.1, 0.15) is 17.5 Å². The Morgan fingerprint density at radius 1 is 1.13 bits per heavy atom. The Bertz CT molecular complexity index is 1440. The highest BCUT2D eigenvalue weighted by Crippen LogP contribution is 2.53. The van der Waals surface area contributed by atoms with Crippen LogP contribution in [-0.4, -0.2) is 85.7 Å². The fourth-order valence-electron chi connectivity index (χ4n) is 6.68. The molecule has 0 radical (unpaired) electrons. The van der Waals surface area contributed by atoms with Crippen molar-refractivity contribution in [1.29, 1.82) is 0 Å². The molecular weight excluding hydrogens is 494 g/mol. The van der Waals surface area contributed by atoms with E-state index in [4.69, 9.17) is 10.5 Å². The van der Waals surface area contributed by atoms with E-state index >= 15 is 0 Å². The second-order valence-electron chi connectivity index (χ2n) is 10.2. The summed E-state index contributed by atoms with van der Waals surface area (Å²) in [5, 5.41) is 44.9. The molecule has 2 fully saturated rings. The van der Waals surface area contributed by atoms with E-state index < -0.39 is 58.0 Å². The first-order chi connectivity index (χ1) is 18.2. The first-order valence-corrected chi connectivity index (χ1v) is 12.4. The Hall–Kier alpha value is -3.93. The minimum absolute atomic E-state index is 0.0464. The maximum atomic E-state index is 14.0. The lowest BCUT2D eigenvalue weighted by Crippen LogP contribution is -2.67. The summed E-state index contributed by atoms with van der Waals surface area (Å²) in [5.41, 5.74) is 3.94. The fraction of sp³-hybridized carbons (Fsp3) is 0.370. The van der Waals surface area contributed by atoms with Crippen LogP contribution >= 0.6 is 0 Å². The number of nitrogens with zero attached hydrogens (tertiary/aromatic N) is 1. The number of Topliss-reactive ketones (excluding diaryl/α,β-unsaturated/α-hetero) is 2. The number of nitrogens with one attached hydrogen (secondary N) is 1. The summed E-state index contributed by atoms with van der Waals surface area (Å²) in [5.74, 6) is -6.62. The summed E-state index contributed by atoms with van der Waals surface area (Å²) in [4.78, 5) is 44.7. The summed E-state index contributed by atoms with van der Waals surface area (Å²) in [7, 11) is 0. The largest absolute Gasteiger partial charge is 0.508 e. The molecule has 2 aromatic rings. The first-order valence-electron chi connectivity index (χ1n) is 12.4. The monoisotopic (exact) mass is 521 g/mol. The molecule has 1 saturated carbocycles. The summed E-state index contributed by atoms with van der Waals surface area (Å²) in [6, 6.07) is 5.68. The highest BCUT2D eigenvalue weighted by Gasteiger charge is 2.64. The molecule has 2 heterocycles. The van der Waals surface area contributed by atoms with Crippen LogP contribution < -0.4 is 5.73 Å². The second-order valence-corrected chi connectivity index (χ2v) is 10.2. The molecule has 4 atom stereocenters. The molecule has 7 N–H and O–H groups in total. The van der Waals surface area contributed by atoms with E-state index in [-0.39, 0.29) is 29.7 Å². The molecule has 1 aliphatic heterocycles. The van der Waals surface area contributed by atoms with Gasteiger partial charge >= 0.3 is 0 Å². The number of primary amides is 1. The van der Waals surface area contributed by atoms with Crippen LogP contribution in [0.5, 0.6) is 5.75 Å². The number of amides is 1. The normalized spacial score (nSPS) is 29.7. The van der Waals surface area contributed by atoms with Crippen LogP contribution in [0.2, 0.25) is 0 Å². The van der Waals surface area contributed by atoms with Crippen LogP contribution in [-0.2, 0) is 25.5 Å². The van der Waals surface area contributed by atoms with E-state index in [9.17, 15) is 34.8 Å². The highest BCUT2D eigenvalue weighted by atomic mass is 16.5. The van der Waals surface area contributed by atoms with E-state index in [1.165, 1.54) is 6.07 Å². The topological polar surface area (TPSA) is 186 Å². The summed E-state index contributed by atoms with van der Waals surface area (Å²) < 4.78 is 5.40. The van der Waals surface area contributed by atoms with Crippen LogP contribution in [0.3, 0.4) is 0 Å². The molecule has 0 spiro atoms. The average molecular weight is 522 g/mol. The average Bonchev–Trinajstić information content (AvgIpc) is 3.41. The number of aromatic hydroxyl groups is 1. The van der Waals surface area contributed by atoms with Crippen LogP contribution in [0.15, 0.2) is 47.4 Å². The van der Waals surface area contributed by atoms with Crippen molar-refractivity contribution >= 4 is 23.2 Å². The lowest BCUT2D eigenvalue weighted by molar-refractivity contribution is -0.157. The van der Waals surface area contributed by atoms with Gasteiger partial charge < -0.3 is 35.9 Å². The van der Waals surface area contributed by atoms with Gasteiger partial charge in [-0.05, 0) is 48.6 Å². The molecular formula is C27H27N3O8. The number of phenols is 1. The predicted molar refractivity (Wildman–Crippen MR) is 133 cm³/mol. The van der Waals surface area contributed by atoms with Gasteiger partial charge in [0.15, 0.2) is 11.4 Å². The predicted octanol–water partition coefficient (Wildman–Crippen LogP) is 0.730. The zero-order valence-electron chi connectivity index (χ0n) is 20.3. The van der Waals surface area contributed by atoms with Gasteiger partial charge in [0.25, 0.3) is 5.91 Å². The first kappa shape index (κ1) is 24.4. The molecule has 0 bridgehead atoms. The van der Waals surface area contributed by atoms with Gasteiger partial charge in [-0.25, -0.2) is 0 Å². The minimum Gasteiger partial charge on any atom is -0.508 e. The molecule has 1 aromatic heterocycles. The third-order valence-corrected chi connectivity index (χ3v) is 8.38. The van der Waals surface area contributed by atoms with Crippen molar-refractivity contribution in [2.24, 2.45) is 17.6 Å². The number of aliphatic hydroxyl groups excluding tert-OH is 2. The van der Waals surface area contributed by atoms with E-state index in [0.29, 0.717) is 31.9 Å². The summed E-state index contributed by atoms with van der Waals surface area (Å²) in [6.07, 6.45) is 2.02. The Morgan fingerprint density at radius 3 is 2.53 bits per heavy atom. The molecule has 6 rings (SSSR count). The number of benzene rings is 1. The molecule has 11 nitrogen and oxygen atoms in total. The van der Waals surface area contributed by atoms with Gasteiger partial charge in [-0.2, -0.15) is 0 Å². The number of aromatic amines is 1. The molecule has 1 aromatic carbocycles. The third kappa shape index (κ3) is 3.22. The number of hydrogen-bond acceptors (Lipinski definition) is 9. The van der Waals surface area contributed by atoms with Crippen molar-refractivity contribution in [3.05, 3.63) is 58.5 Å². The number of fused-ring (bicyclic) bond motifs is 3. The number of ether oxygens (including phenoxy) is 1. The van der Waals surface area contributed by atoms with Gasteiger partial charge in [0, 0.05) is 42.0 Å². The van der Waals surface area contributed by atoms with Crippen molar-refractivity contribution in [1.82, 2.24) is 9.88 Å². The quantitative estimate of drug-likeness (QED) is 0.317. The zero-order chi connectivity index (χ0) is 26.9. The SMILES string of the molecule is NC(=O)C1=C(O)C2(O)C(=O)C3=C(O)c4c(O)ccc(-c5ccc[nH]5)c4CC3CC2C(N2CCOCC2)C1=O. The Labute approximate surface area is 216 Å². The fourth-order valence-corrected chi connectivity index (χ4v) is 6.68. The Kier molecular flexibility index (Phi) is 5.49. The van der Waals surface area contributed by atoms with Gasteiger partial charge in [-0.15, -0.1) is 0 Å². The zero-order valence-corrected chi connectivity index (χ0v) is 20.3. The van der Waals surface area contributed by atoms with Gasteiger partial charge in [-0.1, -0.05) is 0 Å². The Balaban J connectivity index is 1.55. The maximum absolute atomic E-state index is 14.0. The van der Waals surface area contributed by atoms with E-state index in [1.807, 2.05) is 12.1 Å². The third-order valence-electron chi connectivity index (χ3n) is 8.38.